The Morgan fingerprint density at radius 2 is 2.11 bits per heavy atom. The van der Waals surface area contributed by atoms with Gasteiger partial charge in [0, 0.05) is 22.3 Å². The molecule has 0 spiro atoms. The molecule has 3 aromatic rings. The Hall–Kier alpha value is -1.81. The Labute approximate surface area is 120 Å². The van der Waals surface area contributed by atoms with Crippen molar-refractivity contribution in [1.29, 1.82) is 0 Å². The van der Waals surface area contributed by atoms with E-state index in [0.29, 0.717) is 0 Å². The summed E-state index contributed by atoms with van der Waals surface area (Å²) in [5.74, 6) is 0.903. The fraction of sp³-hybridized carbons (Fsp3) is 0.133. The van der Waals surface area contributed by atoms with Crippen molar-refractivity contribution in [3.8, 4) is 5.75 Å². The highest BCUT2D eigenvalue weighted by Crippen LogP contribution is 2.26. The highest BCUT2D eigenvalue weighted by atomic mass is 79.9. The normalized spacial score (nSPS) is 10.8. The van der Waals surface area contributed by atoms with E-state index in [1.165, 1.54) is 0 Å². The van der Waals surface area contributed by atoms with E-state index in [1.807, 2.05) is 30.5 Å². The molecule has 2 heterocycles. The molecule has 0 atom stereocenters. The fourth-order valence-corrected chi connectivity index (χ4v) is 2.42. The van der Waals surface area contributed by atoms with Crippen LogP contribution in [-0.2, 0) is 6.54 Å². The number of pyridine rings is 1. The molecule has 4 heteroatoms. The summed E-state index contributed by atoms with van der Waals surface area (Å²) in [6.45, 7) is 0.754. The van der Waals surface area contributed by atoms with Crippen molar-refractivity contribution >= 4 is 26.8 Å². The third-order valence-electron chi connectivity index (χ3n) is 3.11. The summed E-state index contributed by atoms with van der Waals surface area (Å²) in [5.41, 5.74) is 2.19. The van der Waals surface area contributed by atoms with Crippen LogP contribution in [0, 0.1) is 0 Å². The molecule has 0 aliphatic rings. The van der Waals surface area contributed by atoms with E-state index >= 15 is 0 Å². The summed E-state index contributed by atoms with van der Waals surface area (Å²) < 4.78 is 8.54. The van der Waals surface area contributed by atoms with Gasteiger partial charge in [-0.1, -0.05) is 6.07 Å². The van der Waals surface area contributed by atoms with Gasteiger partial charge in [-0.05, 0) is 46.3 Å². The van der Waals surface area contributed by atoms with Crippen molar-refractivity contribution in [3.05, 3.63) is 59.0 Å². The summed E-state index contributed by atoms with van der Waals surface area (Å²) in [4.78, 5) is 4.40. The third kappa shape index (κ3) is 2.36. The van der Waals surface area contributed by atoms with E-state index < -0.39 is 0 Å². The number of hydrogen-bond donors (Lipinski definition) is 0. The zero-order valence-corrected chi connectivity index (χ0v) is 12.1. The molecule has 96 valence electrons. The SMILES string of the molecule is COc1cccc2c1ccn2Cc1ccc(Br)cn1. The molecule has 19 heavy (non-hydrogen) atoms. The van der Waals surface area contributed by atoms with Crippen molar-refractivity contribution in [2.24, 2.45) is 0 Å². The topological polar surface area (TPSA) is 27.1 Å². The number of methoxy groups -OCH3 is 1. The Morgan fingerprint density at radius 1 is 1.21 bits per heavy atom. The van der Waals surface area contributed by atoms with Gasteiger partial charge in [0.2, 0.25) is 0 Å². The third-order valence-corrected chi connectivity index (χ3v) is 3.58. The second-order valence-electron chi connectivity index (χ2n) is 4.30. The van der Waals surface area contributed by atoms with Crippen LogP contribution in [0.15, 0.2) is 53.3 Å². The molecule has 0 saturated carbocycles. The predicted molar refractivity (Wildman–Crippen MR) is 79.5 cm³/mol. The second kappa shape index (κ2) is 5.05. The maximum absolute atomic E-state index is 5.37. The maximum atomic E-state index is 5.37. The number of aromatic nitrogens is 2. The lowest BCUT2D eigenvalue weighted by Crippen LogP contribution is -1.99. The molecule has 0 N–H and O–H groups in total. The summed E-state index contributed by atoms with van der Waals surface area (Å²) in [6, 6.07) is 12.2. The summed E-state index contributed by atoms with van der Waals surface area (Å²) in [6.07, 6.45) is 3.89. The monoisotopic (exact) mass is 316 g/mol. The van der Waals surface area contributed by atoms with E-state index in [1.54, 1.807) is 7.11 Å². The molecule has 3 nitrogen and oxygen atoms in total. The molecule has 0 saturated heterocycles. The summed E-state index contributed by atoms with van der Waals surface area (Å²) in [7, 11) is 1.70. The number of fused-ring (bicyclic) bond motifs is 1. The number of rotatable bonds is 3. The van der Waals surface area contributed by atoms with Gasteiger partial charge >= 0.3 is 0 Å². The van der Waals surface area contributed by atoms with Gasteiger partial charge in [-0.25, -0.2) is 0 Å². The lowest BCUT2D eigenvalue weighted by molar-refractivity contribution is 0.420. The van der Waals surface area contributed by atoms with Crippen LogP contribution in [0.4, 0.5) is 0 Å². The van der Waals surface area contributed by atoms with Crippen LogP contribution in [0.3, 0.4) is 0 Å². The molecule has 1 aromatic carbocycles. The number of ether oxygens (including phenoxy) is 1. The van der Waals surface area contributed by atoms with Crippen molar-refractivity contribution < 1.29 is 4.74 Å². The van der Waals surface area contributed by atoms with E-state index in [4.69, 9.17) is 4.74 Å². The molecule has 0 aliphatic carbocycles. The standard InChI is InChI=1S/C15H13BrN2O/c1-19-15-4-2-3-14-13(15)7-8-18(14)10-12-6-5-11(16)9-17-12/h2-9H,10H2,1H3. The number of nitrogens with zero attached hydrogens (tertiary/aromatic N) is 2. The zero-order chi connectivity index (χ0) is 13.2. The Balaban J connectivity index is 1.99. The maximum Gasteiger partial charge on any atom is 0.128 e. The van der Waals surface area contributed by atoms with Crippen molar-refractivity contribution in [2.45, 2.75) is 6.54 Å². The highest BCUT2D eigenvalue weighted by Gasteiger charge is 2.06. The average molecular weight is 317 g/mol. The smallest absolute Gasteiger partial charge is 0.128 e. The largest absolute Gasteiger partial charge is 0.496 e. The van der Waals surface area contributed by atoms with Gasteiger partial charge in [0.05, 0.1) is 24.9 Å². The first-order valence-electron chi connectivity index (χ1n) is 6.00. The minimum Gasteiger partial charge on any atom is -0.496 e. The first kappa shape index (κ1) is 12.2. The van der Waals surface area contributed by atoms with Gasteiger partial charge in [0.1, 0.15) is 5.75 Å². The van der Waals surface area contributed by atoms with Crippen LogP contribution in [0.5, 0.6) is 5.75 Å². The Kier molecular flexibility index (Phi) is 3.25. The van der Waals surface area contributed by atoms with Crippen molar-refractivity contribution in [2.75, 3.05) is 7.11 Å². The van der Waals surface area contributed by atoms with Gasteiger partial charge in [0.25, 0.3) is 0 Å². The van der Waals surface area contributed by atoms with Crippen LogP contribution in [0.25, 0.3) is 10.9 Å². The predicted octanol–water partition coefficient (Wildman–Crippen LogP) is 3.86. The average Bonchev–Trinajstić information content (AvgIpc) is 2.84. The molecule has 0 bridgehead atoms. The minimum atomic E-state index is 0.754. The van der Waals surface area contributed by atoms with E-state index in [2.05, 4.69) is 43.8 Å². The first-order chi connectivity index (χ1) is 9.28. The van der Waals surface area contributed by atoms with Gasteiger partial charge in [-0.15, -0.1) is 0 Å². The van der Waals surface area contributed by atoms with Gasteiger partial charge in [-0.2, -0.15) is 0 Å². The lowest BCUT2D eigenvalue weighted by atomic mass is 10.2. The minimum absolute atomic E-state index is 0.754. The van der Waals surface area contributed by atoms with E-state index in [9.17, 15) is 0 Å². The van der Waals surface area contributed by atoms with Crippen molar-refractivity contribution in [1.82, 2.24) is 9.55 Å². The lowest BCUT2D eigenvalue weighted by Gasteiger charge is -2.06. The molecule has 0 amide bonds. The molecule has 3 rings (SSSR count). The van der Waals surface area contributed by atoms with Crippen LogP contribution >= 0.6 is 15.9 Å². The molecule has 2 aromatic heterocycles. The number of halogens is 1. The highest BCUT2D eigenvalue weighted by molar-refractivity contribution is 9.10. The Bertz CT molecular complexity index is 704. The van der Waals surface area contributed by atoms with Gasteiger partial charge in [0.15, 0.2) is 0 Å². The van der Waals surface area contributed by atoms with Crippen molar-refractivity contribution in [3.63, 3.8) is 0 Å². The summed E-state index contributed by atoms with van der Waals surface area (Å²) >= 11 is 3.40. The molecule has 0 unspecified atom stereocenters. The van der Waals surface area contributed by atoms with Crippen LogP contribution in [0.1, 0.15) is 5.69 Å². The Morgan fingerprint density at radius 3 is 2.84 bits per heavy atom. The van der Waals surface area contributed by atoms with Crippen LogP contribution in [-0.4, -0.2) is 16.7 Å². The first-order valence-corrected chi connectivity index (χ1v) is 6.79. The number of benzene rings is 1. The molecule has 0 radical (unpaired) electrons. The zero-order valence-electron chi connectivity index (χ0n) is 10.5. The quantitative estimate of drug-likeness (QED) is 0.733. The van der Waals surface area contributed by atoms with Gasteiger partial charge in [-0.3, -0.25) is 4.98 Å². The second-order valence-corrected chi connectivity index (χ2v) is 5.22. The van der Waals surface area contributed by atoms with Gasteiger partial charge < -0.3 is 9.30 Å². The molecule has 0 aliphatic heterocycles. The molecular weight excluding hydrogens is 304 g/mol. The van der Waals surface area contributed by atoms with Crippen LogP contribution < -0.4 is 4.74 Å². The summed E-state index contributed by atoms with van der Waals surface area (Å²) in [5, 5.41) is 1.13. The number of hydrogen-bond acceptors (Lipinski definition) is 2. The van der Waals surface area contributed by atoms with E-state index in [-0.39, 0.29) is 0 Å². The fourth-order valence-electron chi connectivity index (χ4n) is 2.19. The van der Waals surface area contributed by atoms with Crippen LogP contribution in [0.2, 0.25) is 0 Å². The van der Waals surface area contributed by atoms with E-state index in [0.717, 1.165) is 33.4 Å². The molecule has 0 fully saturated rings. The molecular formula is C15H13BrN2O.